The van der Waals surface area contributed by atoms with Gasteiger partial charge in [0.1, 0.15) is 12.3 Å². The molecule has 1 aliphatic rings. The van der Waals surface area contributed by atoms with Gasteiger partial charge in [-0.15, -0.1) is 0 Å². The number of ether oxygens (including phenoxy) is 2. The monoisotopic (exact) mass is 355 g/mol. The minimum atomic E-state index is 0.123. The molecule has 26 heavy (non-hydrogen) atoms. The van der Waals surface area contributed by atoms with Gasteiger partial charge in [0.15, 0.2) is 0 Å². The lowest BCUT2D eigenvalue weighted by molar-refractivity contribution is -0.917. The third-order valence-corrected chi connectivity index (χ3v) is 4.88. The van der Waals surface area contributed by atoms with Crippen molar-refractivity contribution in [3.63, 3.8) is 0 Å². The normalized spacial score (nSPS) is 15.1. The second-order valence-corrected chi connectivity index (χ2v) is 6.70. The summed E-state index contributed by atoms with van der Waals surface area (Å²) < 4.78 is 10.3. The van der Waals surface area contributed by atoms with Crippen LogP contribution in [0.2, 0.25) is 0 Å². The van der Waals surface area contributed by atoms with E-state index in [-0.39, 0.29) is 5.91 Å². The first-order valence-electron chi connectivity index (χ1n) is 9.03. The Balaban J connectivity index is 1.51. The first-order valence-corrected chi connectivity index (χ1v) is 9.03. The summed E-state index contributed by atoms with van der Waals surface area (Å²) in [5, 5.41) is 0. The Labute approximate surface area is 155 Å². The van der Waals surface area contributed by atoms with Crippen LogP contribution in [0.25, 0.3) is 0 Å². The number of quaternary nitrogens is 1. The van der Waals surface area contributed by atoms with Crippen molar-refractivity contribution >= 4 is 5.91 Å². The fourth-order valence-electron chi connectivity index (χ4n) is 3.33. The maximum absolute atomic E-state index is 12.7. The zero-order chi connectivity index (χ0) is 18.4. The number of piperazine rings is 1. The van der Waals surface area contributed by atoms with E-state index in [0.717, 1.165) is 49.6 Å². The molecular formula is C21H27N2O3+. The van der Waals surface area contributed by atoms with Gasteiger partial charge in [-0.3, -0.25) is 4.79 Å². The second-order valence-electron chi connectivity index (χ2n) is 6.70. The molecule has 0 aliphatic carbocycles. The highest BCUT2D eigenvalue weighted by Gasteiger charge is 2.24. The molecule has 1 amide bonds. The molecule has 0 spiro atoms. The van der Waals surface area contributed by atoms with Crippen LogP contribution in [0.5, 0.6) is 5.75 Å². The van der Waals surface area contributed by atoms with Crippen LogP contribution in [0.4, 0.5) is 0 Å². The number of hydrogen-bond donors (Lipinski definition) is 1. The molecule has 0 radical (unpaired) electrons. The van der Waals surface area contributed by atoms with Gasteiger partial charge >= 0.3 is 0 Å². The maximum Gasteiger partial charge on any atom is 0.254 e. The van der Waals surface area contributed by atoms with E-state index in [0.29, 0.717) is 6.61 Å². The van der Waals surface area contributed by atoms with Crippen LogP contribution < -0.4 is 9.64 Å². The fraction of sp³-hybridized carbons (Fsp3) is 0.381. The summed E-state index contributed by atoms with van der Waals surface area (Å²) in [5.74, 6) is 1.01. The van der Waals surface area contributed by atoms with Crippen LogP contribution in [-0.2, 0) is 17.9 Å². The van der Waals surface area contributed by atoms with E-state index in [4.69, 9.17) is 9.47 Å². The number of methoxy groups -OCH3 is 2. The van der Waals surface area contributed by atoms with E-state index in [1.54, 1.807) is 14.2 Å². The van der Waals surface area contributed by atoms with Gasteiger partial charge < -0.3 is 19.3 Å². The summed E-state index contributed by atoms with van der Waals surface area (Å²) in [6.45, 7) is 5.09. The summed E-state index contributed by atoms with van der Waals surface area (Å²) >= 11 is 0. The van der Waals surface area contributed by atoms with Crippen molar-refractivity contribution in [2.45, 2.75) is 13.2 Å². The van der Waals surface area contributed by atoms with Crippen molar-refractivity contribution < 1.29 is 19.2 Å². The van der Waals surface area contributed by atoms with Gasteiger partial charge in [-0.2, -0.15) is 0 Å². The number of carbonyl (C=O) groups excluding carboxylic acids is 1. The minimum absolute atomic E-state index is 0.123. The smallest absolute Gasteiger partial charge is 0.254 e. The van der Waals surface area contributed by atoms with Crippen LogP contribution in [0, 0.1) is 0 Å². The van der Waals surface area contributed by atoms with E-state index >= 15 is 0 Å². The lowest BCUT2D eigenvalue weighted by Crippen LogP contribution is -3.13. The van der Waals surface area contributed by atoms with Crippen molar-refractivity contribution in [2.75, 3.05) is 40.4 Å². The Hall–Kier alpha value is -2.37. The third-order valence-electron chi connectivity index (χ3n) is 4.88. The third kappa shape index (κ3) is 4.62. The molecule has 2 aromatic carbocycles. The Morgan fingerprint density at radius 2 is 1.58 bits per heavy atom. The topological polar surface area (TPSA) is 43.2 Å². The maximum atomic E-state index is 12.7. The van der Waals surface area contributed by atoms with Gasteiger partial charge in [-0.05, 0) is 42.0 Å². The SMILES string of the molecule is COCc1ccc(C(=O)N2CC[NH+](Cc3ccc(OC)cc3)CC2)cc1. The molecule has 0 unspecified atom stereocenters. The number of nitrogens with one attached hydrogen (secondary N) is 1. The fourth-order valence-corrected chi connectivity index (χ4v) is 3.33. The number of rotatable bonds is 6. The van der Waals surface area contributed by atoms with Gasteiger partial charge in [0, 0.05) is 18.2 Å². The van der Waals surface area contributed by atoms with Crippen LogP contribution in [0.15, 0.2) is 48.5 Å². The van der Waals surface area contributed by atoms with E-state index in [2.05, 4.69) is 12.1 Å². The van der Waals surface area contributed by atoms with E-state index < -0.39 is 0 Å². The quantitative estimate of drug-likeness (QED) is 0.851. The molecule has 0 aromatic heterocycles. The van der Waals surface area contributed by atoms with Gasteiger partial charge in [0.25, 0.3) is 5.91 Å². The van der Waals surface area contributed by atoms with E-state index in [9.17, 15) is 4.79 Å². The van der Waals surface area contributed by atoms with Gasteiger partial charge in [-0.1, -0.05) is 12.1 Å². The average Bonchev–Trinajstić information content (AvgIpc) is 2.69. The predicted molar refractivity (Wildman–Crippen MR) is 100 cm³/mol. The number of benzene rings is 2. The molecule has 2 aromatic rings. The zero-order valence-electron chi connectivity index (χ0n) is 15.5. The predicted octanol–water partition coefficient (Wildman–Crippen LogP) is 1.38. The minimum Gasteiger partial charge on any atom is -0.497 e. The Kier molecular flexibility index (Phi) is 6.26. The standard InChI is InChI=1S/C21H26N2O3/c1-25-16-18-3-7-19(8-4-18)21(24)23-13-11-22(12-14-23)15-17-5-9-20(26-2)10-6-17/h3-10H,11-16H2,1-2H3/p+1. The van der Waals surface area contributed by atoms with Crippen molar-refractivity contribution in [1.29, 1.82) is 0 Å². The molecule has 1 aliphatic heterocycles. The molecule has 0 saturated carbocycles. The zero-order valence-corrected chi connectivity index (χ0v) is 15.5. The summed E-state index contributed by atoms with van der Waals surface area (Å²) in [6, 6.07) is 15.9. The van der Waals surface area contributed by atoms with Crippen LogP contribution in [-0.4, -0.2) is 51.2 Å². The summed E-state index contributed by atoms with van der Waals surface area (Å²) in [4.78, 5) is 16.1. The summed E-state index contributed by atoms with van der Waals surface area (Å²) in [7, 11) is 3.36. The molecule has 1 saturated heterocycles. The molecule has 5 heteroatoms. The highest BCUT2D eigenvalue weighted by atomic mass is 16.5. The van der Waals surface area contributed by atoms with Crippen molar-refractivity contribution in [2.24, 2.45) is 0 Å². The molecule has 1 N–H and O–H groups in total. The molecule has 138 valence electrons. The lowest BCUT2D eigenvalue weighted by atomic mass is 10.1. The number of nitrogens with zero attached hydrogens (tertiary/aromatic N) is 1. The van der Waals surface area contributed by atoms with E-state index in [1.807, 2.05) is 41.3 Å². The molecule has 0 atom stereocenters. The summed E-state index contributed by atoms with van der Waals surface area (Å²) in [5.41, 5.74) is 3.13. The largest absolute Gasteiger partial charge is 0.497 e. The van der Waals surface area contributed by atoms with Crippen LogP contribution in [0.3, 0.4) is 0 Å². The van der Waals surface area contributed by atoms with Gasteiger partial charge in [0.05, 0.1) is 39.9 Å². The average molecular weight is 355 g/mol. The molecule has 1 fully saturated rings. The highest BCUT2D eigenvalue weighted by Crippen LogP contribution is 2.11. The highest BCUT2D eigenvalue weighted by molar-refractivity contribution is 5.94. The van der Waals surface area contributed by atoms with Crippen molar-refractivity contribution in [3.05, 3.63) is 65.2 Å². The van der Waals surface area contributed by atoms with E-state index in [1.165, 1.54) is 10.5 Å². The molecule has 3 rings (SSSR count). The van der Waals surface area contributed by atoms with Gasteiger partial charge in [-0.25, -0.2) is 0 Å². The Morgan fingerprint density at radius 1 is 0.962 bits per heavy atom. The number of hydrogen-bond acceptors (Lipinski definition) is 3. The number of amides is 1. The Morgan fingerprint density at radius 3 is 2.15 bits per heavy atom. The number of carbonyl (C=O) groups is 1. The second kappa shape index (κ2) is 8.83. The first kappa shape index (κ1) is 18.4. The molecule has 1 heterocycles. The van der Waals surface area contributed by atoms with Crippen molar-refractivity contribution in [3.8, 4) is 5.75 Å². The lowest BCUT2D eigenvalue weighted by Gasteiger charge is -2.32. The summed E-state index contributed by atoms with van der Waals surface area (Å²) in [6.07, 6.45) is 0. The van der Waals surface area contributed by atoms with Crippen LogP contribution >= 0.6 is 0 Å². The van der Waals surface area contributed by atoms with Crippen LogP contribution in [0.1, 0.15) is 21.5 Å². The van der Waals surface area contributed by atoms with Crippen molar-refractivity contribution in [1.82, 2.24) is 4.90 Å². The Bertz CT molecular complexity index is 705. The molecule has 0 bridgehead atoms. The first-order chi connectivity index (χ1) is 12.7. The molecular weight excluding hydrogens is 328 g/mol. The van der Waals surface area contributed by atoms with Gasteiger partial charge in [0.2, 0.25) is 0 Å². The molecule has 5 nitrogen and oxygen atoms in total.